The minimum atomic E-state index is 0.389. The molecule has 3 aromatic carbocycles. The Morgan fingerprint density at radius 3 is 1.88 bits per heavy atom. The number of nitriles is 2. The number of fused-ring (bicyclic) bond motifs is 1. The lowest BCUT2D eigenvalue weighted by molar-refractivity contribution is 1.28. The fourth-order valence-electron chi connectivity index (χ4n) is 3.95. The summed E-state index contributed by atoms with van der Waals surface area (Å²) in [6.07, 6.45) is 3.04. The van der Waals surface area contributed by atoms with Gasteiger partial charge in [-0.05, 0) is 35.9 Å². The summed E-state index contributed by atoms with van der Waals surface area (Å²) in [4.78, 5) is 6.29. The van der Waals surface area contributed by atoms with E-state index in [0.29, 0.717) is 16.7 Å². The minimum Gasteiger partial charge on any atom is -0.309 e. The van der Waals surface area contributed by atoms with E-state index in [1.54, 1.807) is 11.3 Å². The molecule has 0 saturated heterocycles. The van der Waals surface area contributed by atoms with Gasteiger partial charge in [0.1, 0.15) is 12.1 Å². The third kappa shape index (κ3) is 3.28. The highest BCUT2D eigenvalue weighted by Gasteiger charge is 2.21. The number of pyridine rings is 1. The van der Waals surface area contributed by atoms with Crippen LogP contribution in [-0.4, -0.2) is 4.98 Å². The molecule has 5 aromatic rings. The molecule has 0 spiro atoms. The van der Waals surface area contributed by atoms with Crippen LogP contribution in [0.2, 0.25) is 0 Å². The zero-order chi connectivity index (χ0) is 21.9. The maximum absolute atomic E-state index is 9.75. The van der Waals surface area contributed by atoms with E-state index in [1.807, 2.05) is 48.5 Å². The van der Waals surface area contributed by atoms with Crippen LogP contribution in [0.1, 0.15) is 11.1 Å². The molecule has 4 nitrogen and oxygen atoms in total. The van der Waals surface area contributed by atoms with Crippen LogP contribution in [0.15, 0.2) is 96.6 Å². The molecule has 0 radical (unpaired) electrons. The molecule has 0 aliphatic carbocycles. The van der Waals surface area contributed by atoms with Crippen LogP contribution in [0.3, 0.4) is 0 Å². The van der Waals surface area contributed by atoms with Gasteiger partial charge in [0.25, 0.3) is 0 Å². The monoisotopic (exact) mass is 428 g/mol. The fraction of sp³-hybridized carbons (Fsp3) is 0. The molecule has 0 fully saturated rings. The highest BCUT2D eigenvalue weighted by atomic mass is 32.1. The van der Waals surface area contributed by atoms with Crippen LogP contribution in [0.25, 0.3) is 21.2 Å². The van der Waals surface area contributed by atoms with Crippen LogP contribution in [0.5, 0.6) is 0 Å². The summed E-state index contributed by atoms with van der Waals surface area (Å²) in [5, 5.41) is 22.6. The number of aromatic nitrogens is 1. The molecule has 0 aliphatic heterocycles. The highest BCUT2D eigenvalue weighted by Crippen LogP contribution is 2.46. The van der Waals surface area contributed by atoms with E-state index in [-0.39, 0.29) is 0 Å². The van der Waals surface area contributed by atoms with Crippen molar-refractivity contribution in [3.8, 4) is 23.3 Å². The van der Waals surface area contributed by atoms with Gasteiger partial charge in [-0.25, -0.2) is 0 Å². The second kappa shape index (κ2) is 8.35. The third-order valence-corrected chi connectivity index (χ3v) is 6.24. The minimum absolute atomic E-state index is 0.389. The van der Waals surface area contributed by atoms with Crippen LogP contribution >= 0.6 is 11.3 Å². The van der Waals surface area contributed by atoms with Crippen LogP contribution in [-0.2, 0) is 0 Å². The van der Waals surface area contributed by atoms with E-state index in [2.05, 4.69) is 57.7 Å². The lowest BCUT2D eigenvalue weighted by atomic mass is 9.94. The summed E-state index contributed by atoms with van der Waals surface area (Å²) >= 11 is 1.64. The Bertz CT molecular complexity index is 1420. The molecule has 32 heavy (non-hydrogen) atoms. The summed E-state index contributed by atoms with van der Waals surface area (Å²) < 4.78 is 1.08. The average molecular weight is 429 g/mol. The largest absolute Gasteiger partial charge is 0.309 e. The number of hydrogen-bond donors (Lipinski definition) is 0. The van der Waals surface area contributed by atoms with Crippen molar-refractivity contribution in [2.45, 2.75) is 0 Å². The Morgan fingerprint density at radius 1 is 0.719 bits per heavy atom. The maximum atomic E-state index is 9.75. The maximum Gasteiger partial charge on any atom is 0.101 e. The Balaban J connectivity index is 1.85. The first-order valence-electron chi connectivity index (χ1n) is 10.0. The van der Waals surface area contributed by atoms with E-state index in [0.717, 1.165) is 32.7 Å². The van der Waals surface area contributed by atoms with E-state index in [1.165, 1.54) is 12.4 Å². The molecule has 0 unspecified atom stereocenters. The first-order chi connectivity index (χ1) is 15.8. The van der Waals surface area contributed by atoms with Crippen molar-refractivity contribution in [3.63, 3.8) is 0 Å². The van der Waals surface area contributed by atoms with E-state index in [9.17, 15) is 10.5 Å². The van der Waals surface area contributed by atoms with Gasteiger partial charge in [-0.1, -0.05) is 48.5 Å². The van der Waals surface area contributed by atoms with E-state index in [4.69, 9.17) is 0 Å². The number of nitrogens with zero attached hydrogens (tertiary/aromatic N) is 4. The molecule has 150 valence electrons. The van der Waals surface area contributed by atoms with Gasteiger partial charge in [0.05, 0.1) is 16.8 Å². The van der Waals surface area contributed by atoms with Crippen molar-refractivity contribution in [1.29, 1.82) is 10.5 Å². The summed E-state index contributed by atoms with van der Waals surface area (Å²) in [6, 6.07) is 30.8. The zero-order valence-corrected chi connectivity index (χ0v) is 17.8. The predicted molar refractivity (Wildman–Crippen MR) is 129 cm³/mol. The van der Waals surface area contributed by atoms with Crippen molar-refractivity contribution in [2.24, 2.45) is 0 Å². The molecule has 2 aromatic heterocycles. The Morgan fingerprint density at radius 2 is 1.31 bits per heavy atom. The summed E-state index contributed by atoms with van der Waals surface area (Å²) in [5.74, 6) is 0. The lowest BCUT2D eigenvalue weighted by Gasteiger charge is -2.25. The number of thiophene rings is 1. The molecule has 0 aliphatic rings. The second-order valence-electron chi connectivity index (χ2n) is 7.14. The molecule has 2 heterocycles. The van der Waals surface area contributed by atoms with Gasteiger partial charge in [0.15, 0.2) is 0 Å². The first kappa shape index (κ1) is 19.5. The average Bonchev–Trinajstić information content (AvgIpc) is 3.29. The van der Waals surface area contributed by atoms with Crippen LogP contribution < -0.4 is 4.90 Å². The normalized spacial score (nSPS) is 10.4. The summed E-state index contributed by atoms with van der Waals surface area (Å²) in [6.45, 7) is 0. The number of anilines is 3. The standard InChI is InChI=1S/C27H16N4S/c28-14-19-16-30-17-20(15-29)26(19)23-12-7-13-25-27(23)24(18-32-25)31(21-8-3-1-4-9-21)22-10-5-2-6-11-22/h1-13,16-18H. The Hall–Kier alpha value is -4.45. The number of rotatable bonds is 4. The quantitative estimate of drug-likeness (QED) is 0.304. The Labute approximate surface area is 189 Å². The zero-order valence-electron chi connectivity index (χ0n) is 16.9. The van der Waals surface area contributed by atoms with Crippen molar-refractivity contribution < 1.29 is 0 Å². The smallest absolute Gasteiger partial charge is 0.101 e. The molecule has 0 N–H and O–H groups in total. The van der Waals surface area contributed by atoms with Crippen molar-refractivity contribution in [1.82, 2.24) is 4.98 Å². The van der Waals surface area contributed by atoms with Gasteiger partial charge < -0.3 is 4.90 Å². The summed E-state index contributed by atoms with van der Waals surface area (Å²) in [7, 11) is 0. The van der Waals surface area contributed by atoms with E-state index >= 15 is 0 Å². The SMILES string of the molecule is N#Cc1cncc(C#N)c1-c1cccc2scc(N(c3ccccc3)c3ccccc3)c12. The topological polar surface area (TPSA) is 63.7 Å². The van der Waals surface area contributed by atoms with Crippen molar-refractivity contribution in [2.75, 3.05) is 4.90 Å². The van der Waals surface area contributed by atoms with Gasteiger partial charge in [-0.3, -0.25) is 4.98 Å². The molecule has 5 rings (SSSR count). The second-order valence-corrected chi connectivity index (χ2v) is 8.05. The molecule has 5 heteroatoms. The van der Waals surface area contributed by atoms with E-state index < -0.39 is 0 Å². The fourth-order valence-corrected chi connectivity index (χ4v) is 4.90. The Kier molecular flexibility index (Phi) is 5.09. The summed E-state index contributed by atoms with van der Waals surface area (Å²) in [5.41, 5.74) is 5.32. The van der Waals surface area contributed by atoms with Gasteiger partial charge in [-0.15, -0.1) is 11.3 Å². The predicted octanol–water partition coefficient (Wildman–Crippen LogP) is 7.18. The number of hydrogen-bond acceptors (Lipinski definition) is 5. The van der Waals surface area contributed by atoms with Crippen molar-refractivity contribution in [3.05, 3.63) is 108 Å². The van der Waals surface area contributed by atoms with Crippen LogP contribution in [0.4, 0.5) is 17.1 Å². The third-order valence-electron chi connectivity index (χ3n) is 5.31. The molecule has 0 saturated carbocycles. The van der Waals surface area contributed by atoms with Crippen LogP contribution in [0, 0.1) is 22.7 Å². The number of para-hydroxylation sites is 2. The van der Waals surface area contributed by atoms with Gasteiger partial charge in [-0.2, -0.15) is 10.5 Å². The highest BCUT2D eigenvalue weighted by molar-refractivity contribution is 7.18. The first-order valence-corrected chi connectivity index (χ1v) is 10.9. The molecular formula is C27H16N4S. The molecule has 0 bridgehead atoms. The molecular weight excluding hydrogens is 412 g/mol. The van der Waals surface area contributed by atoms with Gasteiger partial charge >= 0.3 is 0 Å². The molecule has 0 amide bonds. The lowest BCUT2D eigenvalue weighted by Crippen LogP contribution is -2.09. The van der Waals surface area contributed by atoms with Crippen molar-refractivity contribution >= 4 is 38.5 Å². The van der Waals surface area contributed by atoms with Gasteiger partial charge in [0, 0.05) is 44.8 Å². The number of benzene rings is 3. The molecule has 0 atom stereocenters. The van der Waals surface area contributed by atoms with Gasteiger partial charge in [0.2, 0.25) is 0 Å².